The van der Waals surface area contributed by atoms with E-state index in [0.29, 0.717) is 11.5 Å². The van der Waals surface area contributed by atoms with Gasteiger partial charge in [-0.25, -0.2) is 0 Å². The van der Waals surface area contributed by atoms with Crippen LogP contribution < -0.4 is 9.47 Å². The van der Waals surface area contributed by atoms with Gasteiger partial charge in [-0.05, 0) is 313 Å². The van der Waals surface area contributed by atoms with Crippen LogP contribution in [0.2, 0.25) is 0 Å². The molecule has 22 aromatic rings. The van der Waals surface area contributed by atoms with Gasteiger partial charge in [-0.3, -0.25) is 0 Å². The zero-order valence-electron chi connectivity index (χ0n) is 80.2. The Balaban J connectivity index is 0.681. The molecule has 0 heterocycles. The number of ether oxygens (including phenoxy) is 2. The minimum atomic E-state index is 0.0299. The molecule has 0 spiro atoms. The van der Waals surface area contributed by atoms with Crippen molar-refractivity contribution in [3.8, 4) is 240 Å². The Morgan fingerprint density at radius 1 is 0.162 bits per heavy atom. The van der Waals surface area contributed by atoms with E-state index >= 15 is 0 Å². The van der Waals surface area contributed by atoms with Crippen LogP contribution in [0.1, 0.15) is 45.6 Å². The van der Waals surface area contributed by atoms with Gasteiger partial charge in [0, 0.05) is 0 Å². The van der Waals surface area contributed by atoms with Gasteiger partial charge in [-0.1, -0.05) is 495 Å². The van der Waals surface area contributed by atoms with Crippen LogP contribution in [0.3, 0.4) is 0 Å². The first-order valence-electron chi connectivity index (χ1n) is 49.5. The molecule has 0 N–H and O–H groups in total. The molecule has 0 saturated carbocycles. The largest absolute Gasteiger partial charge is 0.497 e. The van der Waals surface area contributed by atoms with Crippen molar-refractivity contribution in [2.75, 3.05) is 7.11 Å². The Labute approximate surface area is 835 Å². The third-order valence-electron chi connectivity index (χ3n) is 28.1. The summed E-state index contributed by atoms with van der Waals surface area (Å²) in [5, 5.41) is 0. The van der Waals surface area contributed by atoms with Gasteiger partial charge in [0.05, 0.1) is 7.11 Å². The van der Waals surface area contributed by atoms with Crippen molar-refractivity contribution in [3.63, 3.8) is 0 Å². The average molecular weight is 1820 g/mol. The smallest absolute Gasteiger partial charge is 0.127 e. The van der Waals surface area contributed by atoms with Gasteiger partial charge in [-0.2, -0.15) is 0 Å². The molecule has 0 saturated heterocycles. The fraction of sp³-hybridized carbons (Fsp3) is 0.0571. The second-order valence-electron chi connectivity index (χ2n) is 37.4. The Morgan fingerprint density at radius 2 is 0.331 bits per heavy atom. The van der Waals surface area contributed by atoms with Crippen LogP contribution in [0.4, 0.5) is 0 Å². The van der Waals surface area contributed by atoms with E-state index in [1.807, 2.05) is 0 Å². The van der Waals surface area contributed by atoms with Gasteiger partial charge < -0.3 is 9.47 Å². The summed E-state index contributed by atoms with van der Waals surface area (Å²) < 4.78 is 12.9. The van der Waals surface area contributed by atoms with Gasteiger partial charge in [0.1, 0.15) is 17.2 Å². The molecular weight excluding hydrogens is 1710 g/mol. The second-order valence-corrected chi connectivity index (χ2v) is 37.4. The zero-order valence-corrected chi connectivity index (χ0v) is 80.2. The first-order chi connectivity index (χ1) is 70.1. The molecule has 0 amide bonds. The number of unbranched alkanes of at least 4 members (excludes halogenated alkanes) is 1. The zero-order chi connectivity index (χ0) is 95.7. The number of hydrogen-bond donors (Lipinski definition) is 0. The minimum absolute atomic E-state index is 0.0299. The second kappa shape index (κ2) is 40.6. The summed E-state index contributed by atoms with van der Waals surface area (Å²) in [7, 11) is 1.73. The topological polar surface area (TPSA) is 18.5 Å². The molecule has 0 aliphatic heterocycles. The van der Waals surface area contributed by atoms with Crippen LogP contribution in [0.15, 0.2) is 534 Å². The SMILES string of the molecule is CCCCC(C)(C)c1ccc(-c2c(-c3ccccc3)cc(-c3cccc(-c4cc(-c5ccccc5)c(-c5ccc(Oc6ccc(-c7c(-c8ccccc8)cc(-c8cccc(-c9cc(-c%10ccccc%10)c(-c%10ccc(OC)cc%10)c(-c%10ccccc%10)c9-c9ccccc9)c8)c(-c8ccccc8)c7-c7ccccc7)cc6)cc5)c(-c5ccccc5)c4-c4ccccc4)c3)c(-c3ccccc3)c2-c2ccccc2)cc1. The van der Waals surface area contributed by atoms with Crippen LogP contribution in [0.25, 0.3) is 223 Å². The monoisotopic (exact) mass is 1820 g/mol. The van der Waals surface area contributed by atoms with Crippen molar-refractivity contribution < 1.29 is 9.47 Å². The summed E-state index contributed by atoms with van der Waals surface area (Å²) in [5.74, 6) is 2.24. The molecule has 2 nitrogen and oxygen atoms in total. The van der Waals surface area contributed by atoms with E-state index in [0.717, 1.165) is 207 Å². The van der Waals surface area contributed by atoms with E-state index in [1.165, 1.54) is 46.2 Å². The summed E-state index contributed by atoms with van der Waals surface area (Å²) in [4.78, 5) is 0. The molecule has 142 heavy (non-hydrogen) atoms. The highest BCUT2D eigenvalue weighted by molar-refractivity contribution is 6.14. The molecule has 0 aliphatic carbocycles. The lowest BCUT2D eigenvalue weighted by molar-refractivity contribution is 0.415. The highest BCUT2D eigenvalue weighted by Crippen LogP contribution is 2.58. The van der Waals surface area contributed by atoms with Crippen LogP contribution in [0, 0.1) is 0 Å². The lowest BCUT2D eigenvalue weighted by atomic mass is 9.76. The molecule has 678 valence electrons. The molecule has 0 radical (unpaired) electrons. The lowest BCUT2D eigenvalue weighted by Crippen LogP contribution is -2.16. The Bertz CT molecular complexity index is 8120. The number of methoxy groups -OCH3 is 1. The van der Waals surface area contributed by atoms with Gasteiger partial charge in [0.15, 0.2) is 0 Å². The third kappa shape index (κ3) is 18.1. The van der Waals surface area contributed by atoms with Gasteiger partial charge in [-0.15, -0.1) is 0 Å². The maximum absolute atomic E-state index is 7.15. The molecule has 0 bridgehead atoms. The van der Waals surface area contributed by atoms with Gasteiger partial charge >= 0.3 is 0 Å². The highest BCUT2D eigenvalue weighted by atomic mass is 16.5. The van der Waals surface area contributed by atoms with Crippen molar-refractivity contribution >= 4 is 0 Å². The van der Waals surface area contributed by atoms with E-state index in [-0.39, 0.29) is 5.41 Å². The third-order valence-corrected chi connectivity index (χ3v) is 28.1. The summed E-state index contributed by atoms with van der Waals surface area (Å²) in [5.41, 5.74) is 46.4. The van der Waals surface area contributed by atoms with Crippen LogP contribution in [0.5, 0.6) is 17.2 Å². The quantitative estimate of drug-likeness (QED) is 0.0511. The summed E-state index contributed by atoms with van der Waals surface area (Å²) >= 11 is 0. The predicted octanol–water partition coefficient (Wildman–Crippen LogP) is 39.3. The van der Waals surface area contributed by atoms with E-state index < -0.39 is 0 Å². The lowest BCUT2D eigenvalue weighted by Gasteiger charge is -2.27. The Hall–Kier alpha value is -17.6. The first-order valence-corrected chi connectivity index (χ1v) is 49.5. The van der Waals surface area contributed by atoms with Crippen molar-refractivity contribution in [1.82, 2.24) is 0 Å². The average Bonchev–Trinajstić information content (AvgIpc) is 0.737. The van der Waals surface area contributed by atoms with E-state index in [2.05, 4.69) is 555 Å². The Morgan fingerprint density at radius 3 is 0.535 bits per heavy atom. The van der Waals surface area contributed by atoms with E-state index in [1.54, 1.807) is 7.11 Å². The van der Waals surface area contributed by atoms with Crippen molar-refractivity contribution in [3.05, 3.63) is 539 Å². The number of rotatable bonds is 27. The van der Waals surface area contributed by atoms with Crippen LogP contribution in [-0.2, 0) is 5.41 Å². The molecule has 2 heteroatoms. The van der Waals surface area contributed by atoms with Crippen molar-refractivity contribution in [2.24, 2.45) is 0 Å². The molecule has 22 aromatic carbocycles. The van der Waals surface area contributed by atoms with Gasteiger partial charge in [0.2, 0.25) is 0 Å². The van der Waals surface area contributed by atoms with Crippen LogP contribution in [-0.4, -0.2) is 7.11 Å². The molecule has 0 unspecified atom stereocenters. The molecule has 0 aromatic heterocycles. The summed E-state index contributed by atoms with van der Waals surface area (Å²) in [6.45, 7) is 7.08. The molecular formula is C140H106O2. The first kappa shape index (κ1) is 89.6. The normalized spacial score (nSPS) is 11.3. The maximum atomic E-state index is 7.15. The van der Waals surface area contributed by atoms with Gasteiger partial charge in [0.25, 0.3) is 0 Å². The van der Waals surface area contributed by atoms with Crippen LogP contribution >= 0.6 is 0 Å². The molecule has 22 rings (SSSR count). The predicted molar refractivity (Wildman–Crippen MR) is 601 cm³/mol. The standard InChI is InChI=1S/C140H106O2/c1-5-6-89-140(2,3)116-81-73-108(74-82-116)132-120(96-45-19-7-20-46-96)92-124(128(100-53-27-11-28-54-100)136(132)104-61-35-15-36-62-104)112-69-43-71-114(90-112)126-94-122(98-49-23-9-24-50-98)134(138(106-65-39-17-40-66-106)130(126)102-57-31-13-32-58-102)110-77-85-118(86-78-110)142-119-87-79-111(80-88-119)135-123(99-51-25-10-26-52-99)95-127(131(103-59-33-14-34-60-103)139(135)107-67-41-18-42-68-107)115-72-44-70-113(91-115)125-93-121(97-47-21-8-22-48-97)133(109-75-83-117(141-4)84-76-109)137(105-63-37-16-38-64-105)129(125)101-55-29-12-30-56-101/h7-88,90-95H,5-6,89H2,1-4H3. The van der Waals surface area contributed by atoms with E-state index in [9.17, 15) is 0 Å². The van der Waals surface area contributed by atoms with E-state index in [4.69, 9.17) is 9.47 Å². The fourth-order valence-electron chi connectivity index (χ4n) is 21.2. The highest BCUT2D eigenvalue weighted by Gasteiger charge is 2.32. The van der Waals surface area contributed by atoms with Crippen molar-refractivity contribution in [1.29, 1.82) is 0 Å². The fourth-order valence-corrected chi connectivity index (χ4v) is 21.2. The molecule has 0 fully saturated rings. The number of hydrogen-bond acceptors (Lipinski definition) is 2. The number of benzene rings is 22. The molecule has 0 atom stereocenters. The summed E-state index contributed by atoms with van der Waals surface area (Å²) in [6.07, 6.45) is 3.48. The summed E-state index contributed by atoms with van der Waals surface area (Å²) in [6, 6.07) is 196. The Kier molecular flexibility index (Phi) is 25.6. The van der Waals surface area contributed by atoms with Crippen molar-refractivity contribution in [2.45, 2.75) is 45.4 Å². The maximum Gasteiger partial charge on any atom is 0.127 e. The minimum Gasteiger partial charge on any atom is -0.497 e. The molecule has 0 aliphatic rings.